The van der Waals surface area contributed by atoms with Crippen LogP contribution in [0, 0.1) is 0 Å². The molecule has 2 aromatic rings. The normalized spacial score (nSPS) is 10.9. The van der Waals surface area contributed by atoms with Crippen LogP contribution in [0.2, 0.25) is 0 Å². The van der Waals surface area contributed by atoms with Crippen LogP contribution in [-0.4, -0.2) is 25.1 Å². The number of carbonyl (C=O) groups is 1. The number of benzene rings is 2. The van der Waals surface area contributed by atoms with E-state index in [4.69, 9.17) is 0 Å². The van der Waals surface area contributed by atoms with Gasteiger partial charge in [0.1, 0.15) is 0 Å². The molecule has 0 aliphatic carbocycles. The largest absolute Gasteiger partial charge is 0.372 e. The molecule has 0 aromatic heterocycles. The fourth-order valence-electron chi connectivity index (χ4n) is 2.32. The van der Waals surface area contributed by atoms with Gasteiger partial charge < -0.3 is 4.90 Å². The minimum Gasteiger partial charge on any atom is -0.372 e. The summed E-state index contributed by atoms with van der Waals surface area (Å²) in [5, 5.41) is 0. The topological polar surface area (TPSA) is 32.7 Å². The van der Waals surface area contributed by atoms with Gasteiger partial charge in [-0.25, -0.2) is 0 Å². The maximum atomic E-state index is 11.3. The van der Waals surface area contributed by atoms with Crippen LogP contribution >= 0.6 is 0 Å². The summed E-state index contributed by atoms with van der Waals surface area (Å²) in [6.45, 7) is 7.85. The zero-order chi connectivity index (χ0) is 15.9. The first-order valence-electron chi connectivity index (χ1n) is 7.64. The number of hydrogen-bond donors (Lipinski definition) is 0. The number of aliphatic imine (C=N–C) groups is 1. The lowest BCUT2D eigenvalue weighted by atomic mass is 10.1. The molecule has 0 fully saturated rings. The molecule has 114 valence electrons. The Hall–Kier alpha value is -2.42. The molecule has 0 aliphatic heterocycles. The monoisotopic (exact) mass is 294 g/mol. The Bertz CT molecular complexity index is 655. The van der Waals surface area contributed by atoms with E-state index in [1.54, 1.807) is 19.1 Å². The lowest BCUT2D eigenvalue weighted by Crippen LogP contribution is -2.21. The summed E-state index contributed by atoms with van der Waals surface area (Å²) in [5.41, 5.74) is 3.83. The van der Waals surface area contributed by atoms with Crippen molar-refractivity contribution in [3.8, 4) is 0 Å². The fourth-order valence-corrected chi connectivity index (χ4v) is 2.32. The lowest BCUT2D eigenvalue weighted by Gasteiger charge is -2.21. The van der Waals surface area contributed by atoms with Crippen molar-refractivity contribution in [2.45, 2.75) is 20.8 Å². The van der Waals surface area contributed by atoms with Crippen LogP contribution in [0.3, 0.4) is 0 Å². The van der Waals surface area contributed by atoms with Crippen LogP contribution in [0.4, 0.5) is 11.4 Å². The van der Waals surface area contributed by atoms with Gasteiger partial charge in [0.25, 0.3) is 0 Å². The quantitative estimate of drug-likeness (QED) is 0.581. The van der Waals surface area contributed by atoms with Gasteiger partial charge in [0, 0.05) is 30.6 Å². The molecule has 0 bridgehead atoms. The lowest BCUT2D eigenvalue weighted by molar-refractivity contribution is 0.101. The van der Waals surface area contributed by atoms with Crippen LogP contribution in [-0.2, 0) is 0 Å². The van der Waals surface area contributed by atoms with Gasteiger partial charge in [-0.2, -0.15) is 0 Å². The molecule has 0 N–H and O–H groups in total. The van der Waals surface area contributed by atoms with Crippen LogP contribution in [0.15, 0.2) is 53.5 Å². The van der Waals surface area contributed by atoms with Crippen LogP contribution in [0.25, 0.3) is 0 Å². The Morgan fingerprint density at radius 3 is 2.36 bits per heavy atom. The highest BCUT2D eigenvalue weighted by molar-refractivity contribution is 5.94. The summed E-state index contributed by atoms with van der Waals surface area (Å²) in [4.78, 5) is 18.0. The van der Waals surface area contributed by atoms with Crippen molar-refractivity contribution in [2.75, 3.05) is 18.0 Å². The number of nitrogens with zero attached hydrogens (tertiary/aromatic N) is 2. The van der Waals surface area contributed by atoms with Gasteiger partial charge in [-0.3, -0.25) is 9.79 Å². The van der Waals surface area contributed by atoms with E-state index in [1.807, 2.05) is 30.5 Å². The highest BCUT2D eigenvalue weighted by Gasteiger charge is 2.01. The minimum absolute atomic E-state index is 0.0717. The summed E-state index contributed by atoms with van der Waals surface area (Å²) >= 11 is 0. The van der Waals surface area contributed by atoms with Crippen molar-refractivity contribution in [3.05, 3.63) is 59.7 Å². The molecule has 0 unspecified atom stereocenters. The van der Waals surface area contributed by atoms with Gasteiger partial charge in [-0.15, -0.1) is 0 Å². The average molecular weight is 294 g/mol. The summed E-state index contributed by atoms with van der Waals surface area (Å²) < 4.78 is 0. The first-order chi connectivity index (χ1) is 10.6. The first kappa shape index (κ1) is 16.0. The Morgan fingerprint density at radius 2 is 1.77 bits per heavy atom. The molecule has 3 heteroatoms. The smallest absolute Gasteiger partial charge is 0.159 e. The molecule has 22 heavy (non-hydrogen) atoms. The van der Waals surface area contributed by atoms with E-state index in [1.165, 1.54) is 5.69 Å². The average Bonchev–Trinajstić information content (AvgIpc) is 2.55. The Balaban J connectivity index is 2.16. The third kappa shape index (κ3) is 4.04. The second-order valence-electron chi connectivity index (χ2n) is 5.13. The van der Waals surface area contributed by atoms with E-state index in [0.29, 0.717) is 5.56 Å². The molecule has 0 amide bonds. The maximum Gasteiger partial charge on any atom is 0.159 e. The second kappa shape index (κ2) is 7.55. The predicted octanol–water partition coefficient (Wildman–Crippen LogP) is 4.49. The van der Waals surface area contributed by atoms with Gasteiger partial charge in [0.2, 0.25) is 0 Å². The first-order valence-corrected chi connectivity index (χ1v) is 7.64. The summed E-state index contributed by atoms with van der Waals surface area (Å²) in [6.07, 6.45) is 1.86. The number of ketones is 1. The summed E-state index contributed by atoms with van der Waals surface area (Å²) in [6, 6.07) is 15.7. The molecule has 3 nitrogen and oxygen atoms in total. The molecular weight excluding hydrogens is 272 g/mol. The molecule has 0 atom stereocenters. The SMILES string of the molecule is CCN(CC)c1cccc(C=Nc2ccc(C(C)=O)cc2)c1. The van der Waals surface area contributed by atoms with Crippen molar-refractivity contribution in [3.63, 3.8) is 0 Å². The molecule has 0 aliphatic rings. The molecule has 2 rings (SSSR count). The van der Waals surface area contributed by atoms with E-state index in [9.17, 15) is 4.79 Å². The molecule has 0 spiro atoms. The van der Waals surface area contributed by atoms with Crippen molar-refractivity contribution in [1.82, 2.24) is 0 Å². The molecule has 0 saturated heterocycles. The van der Waals surface area contributed by atoms with E-state index >= 15 is 0 Å². The van der Waals surface area contributed by atoms with Gasteiger partial charge in [-0.05, 0) is 62.7 Å². The summed E-state index contributed by atoms with van der Waals surface area (Å²) in [7, 11) is 0. The zero-order valence-corrected chi connectivity index (χ0v) is 13.4. The standard InChI is InChI=1S/C19H22N2O/c1-4-21(5-2)19-8-6-7-16(13-19)14-20-18-11-9-17(10-12-18)15(3)22/h6-14H,4-5H2,1-3H3. The Labute approximate surface area is 132 Å². The minimum atomic E-state index is 0.0717. The molecule has 0 heterocycles. The molecule has 2 aromatic carbocycles. The highest BCUT2D eigenvalue weighted by Crippen LogP contribution is 2.17. The van der Waals surface area contributed by atoms with Crippen LogP contribution < -0.4 is 4.90 Å². The second-order valence-corrected chi connectivity index (χ2v) is 5.13. The van der Waals surface area contributed by atoms with E-state index in [0.717, 1.165) is 24.3 Å². The van der Waals surface area contributed by atoms with Crippen LogP contribution in [0.1, 0.15) is 36.7 Å². The Morgan fingerprint density at radius 1 is 1.09 bits per heavy atom. The molecular formula is C19H22N2O. The zero-order valence-electron chi connectivity index (χ0n) is 13.4. The maximum absolute atomic E-state index is 11.3. The number of Topliss-reactive ketones (excluding diaryl/α,β-unsaturated/α-hetero) is 1. The predicted molar refractivity (Wildman–Crippen MR) is 93.7 cm³/mol. The third-order valence-electron chi connectivity index (χ3n) is 3.64. The van der Waals surface area contributed by atoms with Crippen molar-refractivity contribution in [2.24, 2.45) is 4.99 Å². The van der Waals surface area contributed by atoms with Gasteiger partial charge in [-0.1, -0.05) is 12.1 Å². The number of carbonyl (C=O) groups excluding carboxylic acids is 1. The van der Waals surface area contributed by atoms with Crippen LogP contribution in [0.5, 0.6) is 0 Å². The Kier molecular flexibility index (Phi) is 5.48. The van der Waals surface area contributed by atoms with Gasteiger partial charge in [0.05, 0.1) is 5.69 Å². The van der Waals surface area contributed by atoms with Gasteiger partial charge in [0.15, 0.2) is 5.78 Å². The van der Waals surface area contributed by atoms with Crippen molar-refractivity contribution in [1.29, 1.82) is 0 Å². The number of anilines is 1. The third-order valence-corrected chi connectivity index (χ3v) is 3.64. The highest BCUT2D eigenvalue weighted by atomic mass is 16.1. The number of hydrogen-bond acceptors (Lipinski definition) is 3. The molecule has 0 radical (unpaired) electrons. The van der Waals surface area contributed by atoms with E-state index in [-0.39, 0.29) is 5.78 Å². The van der Waals surface area contributed by atoms with E-state index in [2.05, 4.69) is 35.9 Å². The number of rotatable bonds is 6. The molecule has 0 saturated carbocycles. The fraction of sp³-hybridized carbons (Fsp3) is 0.263. The summed E-state index contributed by atoms with van der Waals surface area (Å²) in [5.74, 6) is 0.0717. The van der Waals surface area contributed by atoms with E-state index < -0.39 is 0 Å². The van der Waals surface area contributed by atoms with Crippen molar-refractivity contribution >= 4 is 23.4 Å². The van der Waals surface area contributed by atoms with Crippen molar-refractivity contribution < 1.29 is 4.79 Å². The van der Waals surface area contributed by atoms with Gasteiger partial charge >= 0.3 is 0 Å².